The monoisotopic (exact) mass is 312 g/mol. The molecule has 0 saturated carbocycles. The van der Waals surface area contributed by atoms with Gasteiger partial charge >= 0.3 is 18.1 Å². The van der Waals surface area contributed by atoms with E-state index in [-0.39, 0.29) is 0 Å². The summed E-state index contributed by atoms with van der Waals surface area (Å²) in [5, 5.41) is 0. The lowest BCUT2D eigenvalue weighted by Crippen LogP contribution is -2.39. The van der Waals surface area contributed by atoms with Gasteiger partial charge in [-0.25, -0.2) is 0 Å². The fourth-order valence-corrected chi connectivity index (χ4v) is 1.22. The summed E-state index contributed by atoms with van der Waals surface area (Å²) in [6.07, 6.45) is -6.71. The van der Waals surface area contributed by atoms with Gasteiger partial charge in [-0.15, -0.1) is 0 Å². The SMILES string of the molecule is CCC(C)(C)C(=O)OC(C)(C)CC(=O)OC(C)C(F)(F)F. The van der Waals surface area contributed by atoms with Gasteiger partial charge in [0.05, 0.1) is 11.8 Å². The quantitative estimate of drug-likeness (QED) is 0.703. The molecule has 1 unspecified atom stereocenters. The predicted octanol–water partition coefficient (Wildman–Crippen LogP) is 3.63. The highest BCUT2D eigenvalue weighted by molar-refractivity contribution is 5.77. The third kappa shape index (κ3) is 6.82. The number of halogens is 3. The van der Waals surface area contributed by atoms with Gasteiger partial charge in [-0.05, 0) is 41.0 Å². The highest BCUT2D eigenvalue weighted by Crippen LogP contribution is 2.27. The van der Waals surface area contributed by atoms with Crippen molar-refractivity contribution in [3.8, 4) is 0 Å². The number of ether oxygens (including phenoxy) is 2. The maximum atomic E-state index is 12.3. The zero-order chi connectivity index (χ0) is 17.1. The van der Waals surface area contributed by atoms with Crippen LogP contribution in [0.25, 0.3) is 0 Å². The van der Waals surface area contributed by atoms with Crippen LogP contribution in [0.2, 0.25) is 0 Å². The molecule has 0 fully saturated rings. The van der Waals surface area contributed by atoms with Gasteiger partial charge in [-0.3, -0.25) is 9.59 Å². The molecule has 0 radical (unpaired) electrons. The zero-order valence-corrected chi connectivity index (χ0v) is 13.3. The second-order valence-corrected chi connectivity index (χ2v) is 6.24. The van der Waals surface area contributed by atoms with Crippen LogP contribution < -0.4 is 0 Å². The first-order valence-electron chi connectivity index (χ1n) is 6.71. The Morgan fingerprint density at radius 2 is 1.57 bits per heavy atom. The zero-order valence-electron chi connectivity index (χ0n) is 13.3. The molecule has 0 amide bonds. The van der Waals surface area contributed by atoms with Gasteiger partial charge in [0.15, 0.2) is 6.10 Å². The summed E-state index contributed by atoms with van der Waals surface area (Å²) >= 11 is 0. The van der Waals surface area contributed by atoms with E-state index in [9.17, 15) is 22.8 Å². The molecule has 0 aromatic rings. The Labute approximate surface area is 123 Å². The summed E-state index contributed by atoms with van der Waals surface area (Å²) in [6.45, 7) is 8.85. The van der Waals surface area contributed by atoms with Gasteiger partial charge in [0.2, 0.25) is 0 Å². The maximum Gasteiger partial charge on any atom is 0.425 e. The van der Waals surface area contributed by atoms with Crippen LogP contribution in [0.15, 0.2) is 0 Å². The fourth-order valence-electron chi connectivity index (χ4n) is 1.22. The fraction of sp³-hybridized carbons (Fsp3) is 0.857. The van der Waals surface area contributed by atoms with Crippen LogP contribution in [-0.2, 0) is 19.1 Å². The van der Waals surface area contributed by atoms with Crippen molar-refractivity contribution in [2.75, 3.05) is 0 Å². The van der Waals surface area contributed by atoms with E-state index in [1.165, 1.54) is 13.8 Å². The van der Waals surface area contributed by atoms with Crippen molar-refractivity contribution in [1.82, 2.24) is 0 Å². The highest BCUT2D eigenvalue weighted by Gasteiger charge is 2.40. The molecule has 0 heterocycles. The van der Waals surface area contributed by atoms with Gasteiger partial charge in [-0.1, -0.05) is 6.92 Å². The number of esters is 2. The molecular weight excluding hydrogens is 289 g/mol. The maximum absolute atomic E-state index is 12.3. The first-order valence-corrected chi connectivity index (χ1v) is 6.71. The summed E-state index contributed by atoms with van der Waals surface area (Å²) in [5.41, 5.74) is -1.95. The average Bonchev–Trinajstić information content (AvgIpc) is 2.25. The molecule has 0 aromatic heterocycles. The molecule has 124 valence electrons. The van der Waals surface area contributed by atoms with Crippen molar-refractivity contribution in [3.05, 3.63) is 0 Å². The molecule has 0 aliphatic carbocycles. The minimum atomic E-state index is -4.61. The molecule has 0 rings (SSSR count). The third-order valence-electron chi connectivity index (χ3n) is 3.14. The third-order valence-corrected chi connectivity index (χ3v) is 3.14. The summed E-state index contributed by atoms with van der Waals surface area (Å²) in [5.74, 6) is -1.57. The minimum absolute atomic E-state index is 0.445. The molecule has 21 heavy (non-hydrogen) atoms. The number of hydrogen-bond acceptors (Lipinski definition) is 4. The lowest BCUT2D eigenvalue weighted by molar-refractivity contribution is -0.218. The van der Waals surface area contributed by atoms with Crippen molar-refractivity contribution >= 4 is 11.9 Å². The predicted molar refractivity (Wildman–Crippen MR) is 70.5 cm³/mol. The van der Waals surface area contributed by atoms with Crippen LogP contribution >= 0.6 is 0 Å². The molecule has 0 aliphatic heterocycles. The average molecular weight is 312 g/mol. The Balaban J connectivity index is 4.61. The van der Waals surface area contributed by atoms with Gasteiger partial charge in [0, 0.05) is 0 Å². The summed E-state index contributed by atoms with van der Waals surface area (Å²) in [7, 11) is 0. The molecule has 0 aliphatic rings. The summed E-state index contributed by atoms with van der Waals surface area (Å²) < 4.78 is 46.4. The topological polar surface area (TPSA) is 52.6 Å². The van der Waals surface area contributed by atoms with Gasteiger partial charge in [-0.2, -0.15) is 13.2 Å². The Bertz CT molecular complexity index is 386. The van der Waals surface area contributed by atoms with Gasteiger partial charge in [0.25, 0.3) is 0 Å². The number of hydrogen-bond donors (Lipinski definition) is 0. The molecule has 1 atom stereocenters. The van der Waals surface area contributed by atoms with Crippen molar-refractivity contribution < 1.29 is 32.2 Å². The first-order chi connectivity index (χ1) is 9.21. The van der Waals surface area contributed by atoms with Crippen molar-refractivity contribution in [3.63, 3.8) is 0 Å². The van der Waals surface area contributed by atoms with E-state index < -0.39 is 41.7 Å². The van der Waals surface area contributed by atoms with Crippen LogP contribution in [0.5, 0.6) is 0 Å². The van der Waals surface area contributed by atoms with Crippen LogP contribution in [0.1, 0.15) is 54.4 Å². The van der Waals surface area contributed by atoms with E-state index in [1.54, 1.807) is 13.8 Å². The van der Waals surface area contributed by atoms with Gasteiger partial charge in [0.1, 0.15) is 5.60 Å². The Morgan fingerprint density at radius 1 is 1.10 bits per heavy atom. The number of rotatable bonds is 6. The van der Waals surface area contributed by atoms with E-state index in [4.69, 9.17) is 4.74 Å². The highest BCUT2D eigenvalue weighted by atomic mass is 19.4. The lowest BCUT2D eigenvalue weighted by Gasteiger charge is -2.30. The standard InChI is InChI=1S/C14H23F3O4/c1-7-12(3,4)11(19)21-13(5,6)8-10(18)20-9(2)14(15,16)17/h9H,7-8H2,1-6H3. The first kappa shape index (κ1) is 19.7. The lowest BCUT2D eigenvalue weighted by atomic mass is 9.90. The van der Waals surface area contributed by atoms with Gasteiger partial charge < -0.3 is 9.47 Å². The molecule has 0 bridgehead atoms. The normalized spacial score (nSPS) is 14.5. The summed E-state index contributed by atoms with van der Waals surface area (Å²) in [4.78, 5) is 23.4. The van der Waals surface area contributed by atoms with E-state index in [2.05, 4.69) is 4.74 Å². The number of carbonyl (C=O) groups excluding carboxylic acids is 2. The van der Waals surface area contributed by atoms with E-state index in [0.717, 1.165) is 6.92 Å². The second-order valence-electron chi connectivity index (χ2n) is 6.24. The Hall–Kier alpha value is -1.27. The van der Waals surface area contributed by atoms with E-state index in [1.807, 2.05) is 6.92 Å². The number of alkyl halides is 3. The molecular formula is C14H23F3O4. The Morgan fingerprint density at radius 3 is 1.95 bits per heavy atom. The minimum Gasteiger partial charge on any atom is -0.459 e. The molecule has 0 N–H and O–H groups in total. The van der Waals surface area contributed by atoms with Crippen molar-refractivity contribution in [2.24, 2.45) is 5.41 Å². The molecule has 0 saturated heterocycles. The van der Waals surface area contributed by atoms with Crippen LogP contribution in [-0.4, -0.2) is 29.8 Å². The van der Waals surface area contributed by atoms with Crippen molar-refractivity contribution in [2.45, 2.75) is 72.3 Å². The van der Waals surface area contributed by atoms with Crippen molar-refractivity contribution in [1.29, 1.82) is 0 Å². The molecule has 4 nitrogen and oxygen atoms in total. The smallest absolute Gasteiger partial charge is 0.425 e. The van der Waals surface area contributed by atoms with Crippen LogP contribution in [0.3, 0.4) is 0 Å². The van der Waals surface area contributed by atoms with Crippen LogP contribution in [0, 0.1) is 5.41 Å². The Kier molecular flexibility index (Phi) is 6.26. The summed E-state index contributed by atoms with van der Waals surface area (Å²) in [6, 6.07) is 0. The molecule has 0 spiro atoms. The van der Waals surface area contributed by atoms with E-state index in [0.29, 0.717) is 6.42 Å². The van der Waals surface area contributed by atoms with E-state index >= 15 is 0 Å². The second kappa shape index (κ2) is 6.66. The van der Waals surface area contributed by atoms with Crippen LogP contribution in [0.4, 0.5) is 13.2 Å². The largest absolute Gasteiger partial charge is 0.459 e. The number of carbonyl (C=O) groups is 2. The molecule has 0 aromatic carbocycles. The molecule has 7 heteroatoms.